The van der Waals surface area contributed by atoms with Crippen LogP contribution < -0.4 is 10.1 Å². The van der Waals surface area contributed by atoms with Crippen LogP contribution in [0.4, 0.5) is 13.2 Å². The molecule has 1 aliphatic heterocycles. The molecular formula is C16H22ClF3N2O4. The Bertz CT molecular complexity index is 566. The van der Waals surface area contributed by atoms with Gasteiger partial charge in [0, 0.05) is 26.7 Å². The summed E-state index contributed by atoms with van der Waals surface area (Å²) in [6, 6.07) is 4.19. The first kappa shape index (κ1) is 22.5. The summed E-state index contributed by atoms with van der Waals surface area (Å²) in [7, 11) is 1.54. The normalized spacial score (nSPS) is 18.6. The molecule has 2 rings (SSSR count). The zero-order chi connectivity index (χ0) is 18.4. The fourth-order valence-corrected chi connectivity index (χ4v) is 2.36. The fraction of sp³-hybridized carbons (Fsp3) is 0.562. The molecule has 6 nitrogen and oxygen atoms in total. The number of hydrogen-bond acceptors (Lipinski definition) is 5. The number of halogens is 4. The SMILES string of the molecule is CN(CC(O)COc1ccc(C(F)(F)F)cc1)C(=O)[C@H]1CNCCO1.Cl. The number of rotatable bonds is 6. The van der Waals surface area contributed by atoms with Crippen LogP contribution in [-0.4, -0.2) is 68.0 Å². The second-order valence-electron chi connectivity index (χ2n) is 5.77. The number of ether oxygens (including phenoxy) is 2. The predicted octanol–water partition coefficient (Wildman–Crippen LogP) is 1.31. The summed E-state index contributed by atoms with van der Waals surface area (Å²) in [4.78, 5) is 13.5. The van der Waals surface area contributed by atoms with Crippen LogP contribution in [0.5, 0.6) is 5.75 Å². The maximum Gasteiger partial charge on any atom is 0.416 e. The number of hydrogen-bond donors (Lipinski definition) is 2. The van der Waals surface area contributed by atoms with E-state index >= 15 is 0 Å². The number of likely N-dealkylation sites (N-methyl/N-ethyl adjacent to an activating group) is 1. The van der Waals surface area contributed by atoms with E-state index in [9.17, 15) is 23.1 Å². The van der Waals surface area contributed by atoms with Crippen molar-refractivity contribution in [1.29, 1.82) is 0 Å². The molecule has 1 saturated heterocycles. The van der Waals surface area contributed by atoms with Gasteiger partial charge in [-0.05, 0) is 24.3 Å². The fourth-order valence-electron chi connectivity index (χ4n) is 2.36. The summed E-state index contributed by atoms with van der Waals surface area (Å²) in [6.07, 6.45) is -5.97. The molecule has 0 bridgehead atoms. The van der Waals surface area contributed by atoms with Gasteiger partial charge in [0.15, 0.2) is 0 Å². The lowest BCUT2D eigenvalue weighted by Crippen LogP contribution is -2.50. The standard InChI is InChI=1S/C16H21F3N2O4.ClH/c1-21(15(23)14-8-20-6-7-24-14)9-12(22)10-25-13-4-2-11(3-5-13)16(17,18)19;/h2-5,12,14,20,22H,6-10H2,1H3;1H/t12?,14-;/m1./s1. The van der Waals surface area contributed by atoms with Crippen LogP contribution in [0, 0.1) is 0 Å². The second kappa shape index (κ2) is 9.96. The highest BCUT2D eigenvalue weighted by Gasteiger charge is 2.30. The number of benzene rings is 1. The highest BCUT2D eigenvalue weighted by atomic mass is 35.5. The van der Waals surface area contributed by atoms with Crippen molar-refractivity contribution in [2.24, 2.45) is 0 Å². The van der Waals surface area contributed by atoms with E-state index in [2.05, 4.69) is 5.32 Å². The number of carbonyl (C=O) groups is 1. The third-order valence-electron chi connectivity index (χ3n) is 3.69. The number of amides is 1. The van der Waals surface area contributed by atoms with Crippen molar-refractivity contribution in [3.05, 3.63) is 29.8 Å². The Balaban J connectivity index is 0.00000338. The molecule has 26 heavy (non-hydrogen) atoms. The van der Waals surface area contributed by atoms with E-state index in [1.807, 2.05) is 0 Å². The van der Waals surface area contributed by atoms with Gasteiger partial charge in [-0.1, -0.05) is 0 Å². The molecule has 2 atom stereocenters. The zero-order valence-corrected chi connectivity index (χ0v) is 15.0. The Kier molecular flexibility index (Phi) is 8.61. The Morgan fingerprint density at radius 3 is 2.62 bits per heavy atom. The van der Waals surface area contributed by atoms with Gasteiger partial charge >= 0.3 is 6.18 Å². The minimum Gasteiger partial charge on any atom is -0.491 e. The van der Waals surface area contributed by atoms with Gasteiger partial charge in [0.05, 0.1) is 12.2 Å². The number of nitrogens with one attached hydrogen (secondary N) is 1. The monoisotopic (exact) mass is 398 g/mol. The van der Waals surface area contributed by atoms with Crippen molar-refractivity contribution in [3.8, 4) is 5.75 Å². The van der Waals surface area contributed by atoms with Gasteiger partial charge in [-0.25, -0.2) is 0 Å². The molecule has 0 aliphatic carbocycles. The van der Waals surface area contributed by atoms with Crippen LogP contribution in [0.15, 0.2) is 24.3 Å². The topological polar surface area (TPSA) is 71.0 Å². The van der Waals surface area contributed by atoms with Gasteiger partial charge in [0.1, 0.15) is 24.6 Å². The number of carbonyl (C=O) groups excluding carboxylic acids is 1. The average Bonchev–Trinajstić information content (AvgIpc) is 2.59. The van der Waals surface area contributed by atoms with Crippen LogP contribution in [-0.2, 0) is 15.7 Å². The van der Waals surface area contributed by atoms with Gasteiger partial charge in [-0.2, -0.15) is 13.2 Å². The van der Waals surface area contributed by atoms with E-state index in [0.717, 1.165) is 12.1 Å². The molecule has 1 aromatic carbocycles. The van der Waals surface area contributed by atoms with Crippen molar-refractivity contribution < 1.29 is 32.5 Å². The van der Waals surface area contributed by atoms with E-state index in [0.29, 0.717) is 19.7 Å². The average molecular weight is 399 g/mol. The minimum absolute atomic E-state index is 0. The first-order valence-corrected chi connectivity index (χ1v) is 7.83. The molecule has 1 amide bonds. The lowest BCUT2D eigenvalue weighted by Gasteiger charge is -2.28. The highest BCUT2D eigenvalue weighted by molar-refractivity contribution is 5.85. The lowest BCUT2D eigenvalue weighted by molar-refractivity contribution is -0.145. The van der Waals surface area contributed by atoms with Crippen LogP contribution in [0.25, 0.3) is 0 Å². The number of morpholine rings is 1. The minimum atomic E-state index is -4.41. The first-order valence-electron chi connectivity index (χ1n) is 7.83. The van der Waals surface area contributed by atoms with E-state index in [1.54, 1.807) is 7.05 Å². The predicted molar refractivity (Wildman–Crippen MR) is 90.4 cm³/mol. The molecule has 2 N–H and O–H groups in total. The van der Waals surface area contributed by atoms with Crippen molar-refractivity contribution in [1.82, 2.24) is 10.2 Å². The van der Waals surface area contributed by atoms with Crippen LogP contribution >= 0.6 is 12.4 Å². The lowest BCUT2D eigenvalue weighted by atomic mass is 10.2. The molecule has 0 saturated carbocycles. The summed E-state index contributed by atoms with van der Waals surface area (Å²) in [6.45, 7) is 1.44. The van der Waals surface area contributed by atoms with Gasteiger partial charge < -0.3 is 24.8 Å². The molecule has 0 radical (unpaired) electrons. The quantitative estimate of drug-likeness (QED) is 0.756. The maximum atomic E-state index is 12.5. The van der Waals surface area contributed by atoms with E-state index in [1.165, 1.54) is 17.0 Å². The van der Waals surface area contributed by atoms with Gasteiger partial charge in [-0.15, -0.1) is 12.4 Å². The second-order valence-corrected chi connectivity index (χ2v) is 5.77. The maximum absolute atomic E-state index is 12.5. The largest absolute Gasteiger partial charge is 0.491 e. The molecule has 0 spiro atoms. The number of alkyl halides is 3. The van der Waals surface area contributed by atoms with Crippen molar-refractivity contribution in [3.63, 3.8) is 0 Å². The Morgan fingerprint density at radius 1 is 1.42 bits per heavy atom. The van der Waals surface area contributed by atoms with Gasteiger partial charge in [0.2, 0.25) is 0 Å². The summed E-state index contributed by atoms with van der Waals surface area (Å²) in [5, 5.41) is 13.0. The molecular weight excluding hydrogens is 377 g/mol. The Hall–Kier alpha value is -1.55. The van der Waals surface area contributed by atoms with Gasteiger partial charge in [0.25, 0.3) is 5.91 Å². The summed E-state index contributed by atoms with van der Waals surface area (Å²) < 4.78 is 48.0. The molecule has 1 unspecified atom stereocenters. The number of aliphatic hydroxyl groups excluding tert-OH is 1. The Morgan fingerprint density at radius 2 is 2.08 bits per heavy atom. The highest BCUT2D eigenvalue weighted by Crippen LogP contribution is 2.30. The van der Waals surface area contributed by atoms with E-state index < -0.39 is 23.9 Å². The van der Waals surface area contributed by atoms with Crippen LogP contribution in [0.1, 0.15) is 5.56 Å². The van der Waals surface area contributed by atoms with Crippen LogP contribution in [0.3, 0.4) is 0 Å². The van der Waals surface area contributed by atoms with Crippen LogP contribution in [0.2, 0.25) is 0 Å². The first-order chi connectivity index (χ1) is 11.8. The smallest absolute Gasteiger partial charge is 0.416 e. The third kappa shape index (κ3) is 6.64. The van der Waals surface area contributed by atoms with Crippen molar-refractivity contribution >= 4 is 18.3 Å². The van der Waals surface area contributed by atoms with Gasteiger partial charge in [-0.3, -0.25) is 4.79 Å². The number of aliphatic hydroxyl groups is 1. The molecule has 1 fully saturated rings. The summed E-state index contributed by atoms with van der Waals surface area (Å²) in [5.74, 6) is -0.0402. The van der Waals surface area contributed by atoms with Crippen molar-refractivity contribution in [2.75, 3.05) is 39.9 Å². The number of nitrogens with zero attached hydrogens (tertiary/aromatic N) is 1. The Labute approximate surface area is 155 Å². The van der Waals surface area contributed by atoms with E-state index in [-0.39, 0.29) is 37.2 Å². The molecule has 148 valence electrons. The summed E-state index contributed by atoms with van der Waals surface area (Å²) in [5.41, 5.74) is -0.771. The third-order valence-corrected chi connectivity index (χ3v) is 3.69. The molecule has 10 heteroatoms. The zero-order valence-electron chi connectivity index (χ0n) is 14.2. The van der Waals surface area contributed by atoms with E-state index in [4.69, 9.17) is 9.47 Å². The summed E-state index contributed by atoms with van der Waals surface area (Å²) >= 11 is 0. The molecule has 1 heterocycles. The molecule has 1 aliphatic rings. The van der Waals surface area contributed by atoms with Crippen molar-refractivity contribution in [2.45, 2.75) is 18.4 Å². The molecule has 0 aromatic heterocycles. The molecule has 1 aromatic rings.